The Kier molecular flexibility index (Phi) is 5.08. The number of halogens is 1. The Hall–Kier alpha value is -1.03. The number of benzene rings is 1. The number of rotatable bonds is 5. The molecule has 0 aromatic heterocycles. The third kappa shape index (κ3) is 3.54. The lowest BCUT2D eigenvalue weighted by atomic mass is 10.1. The summed E-state index contributed by atoms with van der Waals surface area (Å²) in [5, 5.41) is 7.57. The SMILES string of the molecule is CC(C)CN(c1ccc(C(=N)N)c(Br)c1)C1CCCC1. The Morgan fingerprint density at radius 3 is 2.55 bits per heavy atom. The fourth-order valence-corrected chi connectivity index (χ4v) is 3.56. The summed E-state index contributed by atoms with van der Waals surface area (Å²) < 4.78 is 0.911. The second kappa shape index (κ2) is 6.61. The highest BCUT2D eigenvalue weighted by atomic mass is 79.9. The van der Waals surface area contributed by atoms with E-state index in [1.54, 1.807) is 0 Å². The zero-order valence-corrected chi connectivity index (χ0v) is 13.9. The van der Waals surface area contributed by atoms with Gasteiger partial charge in [0.1, 0.15) is 5.84 Å². The smallest absolute Gasteiger partial charge is 0.123 e. The molecule has 0 heterocycles. The van der Waals surface area contributed by atoms with E-state index in [9.17, 15) is 0 Å². The second-order valence-corrected chi connectivity index (χ2v) is 6.92. The van der Waals surface area contributed by atoms with E-state index in [0.29, 0.717) is 12.0 Å². The van der Waals surface area contributed by atoms with Gasteiger partial charge in [-0.2, -0.15) is 0 Å². The highest BCUT2D eigenvalue weighted by molar-refractivity contribution is 9.10. The maximum absolute atomic E-state index is 7.57. The lowest BCUT2D eigenvalue weighted by Crippen LogP contribution is -2.36. The molecule has 1 aliphatic carbocycles. The lowest BCUT2D eigenvalue weighted by Gasteiger charge is -2.33. The molecule has 1 aromatic rings. The third-order valence-electron chi connectivity index (χ3n) is 3.90. The summed E-state index contributed by atoms with van der Waals surface area (Å²) in [6.45, 7) is 5.61. The summed E-state index contributed by atoms with van der Waals surface area (Å²) >= 11 is 3.54. The Balaban J connectivity index is 2.28. The molecular formula is C16H24BrN3. The van der Waals surface area contributed by atoms with Crippen molar-refractivity contribution in [1.29, 1.82) is 5.41 Å². The lowest BCUT2D eigenvalue weighted by molar-refractivity contribution is 0.536. The first kappa shape index (κ1) is 15.4. The molecule has 1 saturated carbocycles. The van der Waals surface area contributed by atoms with Crippen molar-refractivity contribution in [2.75, 3.05) is 11.4 Å². The number of nitrogen functional groups attached to an aromatic ring is 1. The molecule has 0 amide bonds. The van der Waals surface area contributed by atoms with Gasteiger partial charge in [-0.15, -0.1) is 0 Å². The maximum Gasteiger partial charge on any atom is 0.123 e. The Bertz CT molecular complexity index is 479. The molecule has 110 valence electrons. The summed E-state index contributed by atoms with van der Waals surface area (Å²) in [6.07, 6.45) is 5.26. The van der Waals surface area contributed by atoms with Crippen LogP contribution in [-0.4, -0.2) is 18.4 Å². The van der Waals surface area contributed by atoms with Gasteiger partial charge in [-0.3, -0.25) is 5.41 Å². The quantitative estimate of drug-likeness (QED) is 0.626. The van der Waals surface area contributed by atoms with E-state index in [2.05, 4.69) is 46.8 Å². The number of hydrogen-bond donors (Lipinski definition) is 2. The zero-order valence-electron chi connectivity index (χ0n) is 12.3. The van der Waals surface area contributed by atoms with Crippen LogP contribution in [-0.2, 0) is 0 Å². The number of anilines is 1. The molecule has 0 bridgehead atoms. The molecule has 3 N–H and O–H groups in total. The molecule has 0 radical (unpaired) electrons. The standard InChI is InChI=1S/C16H24BrN3/c1-11(2)10-20(12-5-3-4-6-12)13-7-8-14(16(18)19)15(17)9-13/h7-9,11-12H,3-6,10H2,1-2H3,(H3,18,19). The molecule has 4 heteroatoms. The van der Waals surface area contributed by atoms with Crippen LogP contribution in [0.3, 0.4) is 0 Å². The van der Waals surface area contributed by atoms with Crippen LogP contribution in [0.4, 0.5) is 5.69 Å². The van der Waals surface area contributed by atoms with Crippen molar-refractivity contribution in [3.05, 3.63) is 28.2 Å². The van der Waals surface area contributed by atoms with E-state index in [0.717, 1.165) is 16.6 Å². The van der Waals surface area contributed by atoms with Gasteiger partial charge in [0.25, 0.3) is 0 Å². The minimum Gasteiger partial charge on any atom is -0.384 e. The number of nitrogens with one attached hydrogen (secondary N) is 1. The van der Waals surface area contributed by atoms with Crippen LogP contribution in [0.2, 0.25) is 0 Å². The van der Waals surface area contributed by atoms with Gasteiger partial charge >= 0.3 is 0 Å². The van der Waals surface area contributed by atoms with Gasteiger partial charge in [0.05, 0.1) is 0 Å². The first-order valence-corrected chi connectivity index (χ1v) is 8.19. The Labute approximate surface area is 130 Å². The molecule has 20 heavy (non-hydrogen) atoms. The second-order valence-electron chi connectivity index (χ2n) is 6.06. The van der Waals surface area contributed by atoms with E-state index in [-0.39, 0.29) is 5.84 Å². The average Bonchev–Trinajstić information content (AvgIpc) is 2.88. The van der Waals surface area contributed by atoms with Crippen molar-refractivity contribution in [3.63, 3.8) is 0 Å². The number of nitrogens with two attached hydrogens (primary N) is 1. The highest BCUT2D eigenvalue weighted by Crippen LogP contribution is 2.31. The summed E-state index contributed by atoms with van der Waals surface area (Å²) in [4.78, 5) is 2.53. The third-order valence-corrected chi connectivity index (χ3v) is 4.56. The van der Waals surface area contributed by atoms with E-state index in [4.69, 9.17) is 11.1 Å². The van der Waals surface area contributed by atoms with Crippen molar-refractivity contribution in [3.8, 4) is 0 Å². The summed E-state index contributed by atoms with van der Waals surface area (Å²) in [6, 6.07) is 6.82. The number of nitrogens with zero attached hydrogens (tertiary/aromatic N) is 1. The molecule has 0 unspecified atom stereocenters. The van der Waals surface area contributed by atoms with Gasteiger partial charge < -0.3 is 10.6 Å². The van der Waals surface area contributed by atoms with E-state index in [1.165, 1.54) is 31.4 Å². The highest BCUT2D eigenvalue weighted by Gasteiger charge is 2.24. The predicted octanol–water partition coefficient (Wildman–Crippen LogP) is 4.14. The molecule has 0 spiro atoms. The summed E-state index contributed by atoms with van der Waals surface area (Å²) in [7, 11) is 0. The fourth-order valence-electron chi connectivity index (χ4n) is 2.98. The summed E-state index contributed by atoms with van der Waals surface area (Å²) in [5.74, 6) is 0.751. The Morgan fingerprint density at radius 1 is 1.40 bits per heavy atom. The predicted molar refractivity (Wildman–Crippen MR) is 89.6 cm³/mol. The number of hydrogen-bond acceptors (Lipinski definition) is 2. The maximum atomic E-state index is 7.57. The van der Waals surface area contributed by atoms with Crippen LogP contribution >= 0.6 is 15.9 Å². The molecule has 1 fully saturated rings. The van der Waals surface area contributed by atoms with Crippen LogP contribution in [0.25, 0.3) is 0 Å². The first-order chi connectivity index (χ1) is 9.49. The molecule has 1 aliphatic rings. The molecule has 0 atom stereocenters. The van der Waals surface area contributed by atoms with Crippen molar-refractivity contribution in [1.82, 2.24) is 0 Å². The van der Waals surface area contributed by atoms with Crippen LogP contribution in [0.5, 0.6) is 0 Å². The fraction of sp³-hybridized carbons (Fsp3) is 0.562. The minimum absolute atomic E-state index is 0.111. The van der Waals surface area contributed by atoms with Gasteiger partial charge in [-0.1, -0.05) is 26.7 Å². The topological polar surface area (TPSA) is 53.1 Å². The van der Waals surface area contributed by atoms with Crippen molar-refractivity contribution < 1.29 is 0 Å². The average molecular weight is 338 g/mol. The van der Waals surface area contributed by atoms with E-state index < -0.39 is 0 Å². The minimum atomic E-state index is 0.111. The number of amidine groups is 1. The summed E-state index contributed by atoms with van der Waals surface area (Å²) in [5.41, 5.74) is 7.59. The van der Waals surface area contributed by atoms with Gasteiger partial charge in [0.2, 0.25) is 0 Å². The normalized spacial score (nSPS) is 15.8. The molecule has 1 aromatic carbocycles. The van der Waals surface area contributed by atoms with Crippen molar-refractivity contribution in [2.24, 2.45) is 11.7 Å². The van der Waals surface area contributed by atoms with Crippen LogP contribution in [0, 0.1) is 11.3 Å². The first-order valence-electron chi connectivity index (χ1n) is 7.39. The van der Waals surface area contributed by atoms with Crippen molar-refractivity contribution in [2.45, 2.75) is 45.6 Å². The Morgan fingerprint density at radius 2 is 2.05 bits per heavy atom. The molecule has 2 rings (SSSR count). The van der Waals surface area contributed by atoms with E-state index in [1.807, 2.05) is 6.07 Å². The molecule has 0 aliphatic heterocycles. The van der Waals surface area contributed by atoms with Crippen LogP contribution in [0.15, 0.2) is 22.7 Å². The largest absolute Gasteiger partial charge is 0.384 e. The van der Waals surface area contributed by atoms with Gasteiger partial charge in [-0.25, -0.2) is 0 Å². The van der Waals surface area contributed by atoms with Crippen LogP contribution < -0.4 is 10.6 Å². The van der Waals surface area contributed by atoms with Gasteiger partial charge in [0, 0.05) is 28.3 Å². The molecule has 0 saturated heterocycles. The van der Waals surface area contributed by atoms with E-state index >= 15 is 0 Å². The zero-order chi connectivity index (χ0) is 14.7. The van der Waals surface area contributed by atoms with Gasteiger partial charge in [0.15, 0.2) is 0 Å². The molecule has 3 nitrogen and oxygen atoms in total. The monoisotopic (exact) mass is 337 g/mol. The van der Waals surface area contributed by atoms with Crippen molar-refractivity contribution >= 4 is 27.5 Å². The molecular weight excluding hydrogens is 314 g/mol. The van der Waals surface area contributed by atoms with Crippen LogP contribution in [0.1, 0.15) is 45.1 Å². The van der Waals surface area contributed by atoms with Gasteiger partial charge in [-0.05, 0) is 52.9 Å².